The summed E-state index contributed by atoms with van der Waals surface area (Å²) in [7, 11) is 0. The number of carbonyl (C=O) groups is 3. The lowest BCUT2D eigenvalue weighted by atomic mass is 10.1. The molecule has 0 heterocycles. The Morgan fingerprint density at radius 3 is 1.86 bits per heavy atom. The Hall–Kier alpha value is -3.78. The lowest BCUT2D eigenvalue weighted by Gasteiger charge is -2.25. The van der Waals surface area contributed by atoms with Crippen LogP contribution in [0.25, 0.3) is 0 Å². The van der Waals surface area contributed by atoms with E-state index in [4.69, 9.17) is 4.74 Å². The van der Waals surface area contributed by atoms with Crippen molar-refractivity contribution >= 4 is 29.7 Å². The van der Waals surface area contributed by atoms with Crippen LogP contribution in [0.4, 0.5) is 4.79 Å². The van der Waals surface area contributed by atoms with Gasteiger partial charge in [0.2, 0.25) is 5.91 Å². The van der Waals surface area contributed by atoms with Gasteiger partial charge in [-0.25, -0.2) is 4.79 Å². The van der Waals surface area contributed by atoms with E-state index in [0.717, 1.165) is 16.0 Å². The van der Waals surface area contributed by atoms with Gasteiger partial charge in [-0.2, -0.15) is 0 Å². The maximum absolute atomic E-state index is 13.5. The van der Waals surface area contributed by atoms with Crippen LogP contribution in [0.15, 0.2) is 95.9 Å². The van der Waals surface area contributed by atoms with Crippen LogP contribution in [-0.4, -0.2) is 34.9 Å². The van der Waals surface area contributed by atoms with E-state index in [9.17, 15) is 14.4 Å². The fourth-order valence-corrected chi connectivity index (χ4v) is 4.35. The molecule has 0 radical (unpaired) electrons. The van der Waals surface area contributed by atoms with Gasteiger partial charge in [0, 0.05) is 17.9 Å². The number of rotatable bonds is 10. The number of benzene rings is 3. The van der Waals surface area contributed by atoms with E-state index in [1.807, 2.05) is 91.0 Å². The van der Waals surface area contributed by atoms with Crippen LogP contribution in [0.5, 0.6) is 0 Å². The highest BCUT2D eigenvalue weighted by Gasteiger charge is 2.29. The Morgan fingerprint density at radius 1 is 0.757 bits per heavy atom. The largest absolute Gasteiger partial charge is 0.444 e. The highest BCUT2D eigenvalue weighted by Crippen LogP contribution is 2.22. The maximum atomic E-state index is 13.5. The second kappa shape index (κ2) is 13.5. The third-order valence-electron chi connectivity index (χ3n) is 5.11. The van der Waals surface area contributed by atoms with Crippen molar-refractivity contribution in [2.75, 3.05) is 0 Å². The average molecular weight is 520 g/mol. The van der Waals surface area contributed by atoms with Crippen LogP contribution in [0.1, 0.15) is 31.9 Å². The molecule has 0 aliphatic carbocycles. The van der Waals surface area contributed by atoms with Crippen LogP contribution in [0.2, 0.25) is 0 Å². The number of amides is 3. The number of hydrogen-bond donors (Lipinski definition) is 3. The first-order chi connectivity index (χ1) is 17.7. The predicted molar refractivity (Wildman–Crippen MR) is 146 cm³/mol. The quantitative estimate of drug-likeness (QED) is 0.267. The summed E-state index contributed by atoms with van der Waals surface area (Å²) in [6.07, 6.45) is -0.468. The van der Waals surface area contributed by atoms with Crippen LogP contribution >= 0.6 is 11.8 Å². The van der Waals surface area contributed by atoms with Crippen molar-refractivity contribution in [3.05, 3.63) is 102 Å². The van der Waals surface area contributed by atoms with Gasteiger partial charge in [-0.3, -0.25) is 9.59 Å². The minimum absolute atomic E-state index is 0.236. The SMILES string of the molecule is CC(C)(C)OC(=O)N[C@@H](Cc1ccccc1)C(=O)N[C@@H](Sc1ccccc1)C(=O)NCc1ccccc1. The minimum atomic E-state index is -0.946. The van der Waals surface area contributed by atoms with Crippen LogP contribution in [0, 0.1) is 0 Å². The highest BCUT2D eigenvalue weighted by molar-refractivity contribution is 8.00. The maximum Gasteiger partial charge on any atom is 0.408 e. The third kappa shape index (κ3) is 10.0. The molecule has 0 aliphatic heterocycles. The molecule has 0 saturated carbocycles. The van der Waals surface area contributed by atoms with Crippen molar-refractivity contribution in [2.24, 2.45) is 0 Å². The number of nitrogens with one attached hydrogen (secondary N) is 3. The molecular weight excluding hydrogens is 486 g/mol. The summed E-state index contributed by atoms with van der Waals surface area (Å²) in [5.74, 6) is -0.834. The molecule has 0 aliphatic rings. The molecule has 3 aromatic rings. The molecular formula is C29H33N3O4S. The molecule has 0 aromatic heterocycles. The van der Waals surface area contributed by atoms with Crippen molar-refractivity contribution in [3.8, 4) is 0 Å². The van der Waals surface area contributed by atoms with Crippen LogP contribution < -0.4 is 16.0 Å². The molecule has 3 amide bonds. The Bertz CT molecular complexity index is 1150. The third-order valence-corrected chi connectivity index (χ3v) is 6.22. The second-order valence-electron chi connectivity index (χ2n) is 9.41. The minimum Gasteiger partial charge on any atom is -0.444 e. The van der Waals surface area contributed by atoms with E-state index in [-0.39, 0.29) is 12.3 Å². The summed E-state index contributed by atoms with van der Waals surface area (Å²) in [5, 5.41) is 7.48. The normalized spacial score (nSPS) is 12.6. The monoisotopic (exact) mass is 519 g/mol. The molecule has 3 aromatic carbocycles. The average Bonchev–Trinajstić information content (AvgIpc) is 2.87. The molecule has 0 saturated heterocycles. The van der Waals surface area contributed by atoms with E-state index < -0.39 is 29.0 Å². The topological polar surface area (TPSA) is 96.5 Å². The first kappa shape index (κ1) is 27.8. The van der Waals surface area contributed by atoms with E-state index in [0.29, 0.717) is 6.54 Å². The van der Waals surface area contributed by atoms with Gasteiger partial charge in [0.15, 0.2) is 5.37 Å². The summed E-state index contributed by atoms with van der Waals surface area (Å²) in [6.45, 7) is 5.58. The second-order valence-corrected chi connectivity index (χ2v) is 10.6. The summed E-state index contributed by atoms with van der Waals surface area (Å²) >= 11 is 1.22. The Labute approximate surface area is 222 Å². The van der Waals surface area contributed by atoms with Gasteiger partial charge in [0.05, 0.1) is 0 Å². The van der Waals surface area contributed by atoms with Gasteiger partial charge >= 0.3 is 6.09 Å². The fraction of sp³-hybridized carbons (Fsp3) is 0.276. The zero-order valence-corrected chi connectivity index (χ0v) is 22.1. The van der Waals surface area contributed by atoms with Crippen LogP contribution in [0.3, 0.4) is 0 Å². The molecule has 0 fully saturated rings. The smallest absolute Gasteiger partial charge is 0.408 e. The molecule has 37 heavy (non-hydrogen) atoms. The Morgan fingerprint density at radius 2 is 1.30 bits per heavy atom. The van der Waals surface area contributed by atoms with Crippen LogP contribution in [-0.2, 0) is 27.3 Å². The van der Waals surface area contributed by atoms with Crippen molar-refractivity contribution in [2.45, 2.75) is 55.6 Å². The molecule has 8 heteroatoms. The standard InChI is InChI=1S/C29H33N3O4S/c1-29(2,3)36-28(35)31-24(19-21-13-7-4-8-14-21)25(33)32-27(37-23-17-11-6-12-18-23)26(34)30-20-22-15-9-5-10-16-22/h4-18,24,27H,19-20H2,1-3H3,(H,30,34)(H,31,35)(H,32,33)/t24-,27-/m0/s1. The molecule has 0 spiro atoms. The number of thioether (sulfide) groups is 1. The van der Waals surface area contributed by atoms with Gasteiger partial charge in [-0.05, 0) is 44.0 Å². The highest BCUT2D eigenvalue weighted by atomic mass is 32.2. The van der Waals surface area contributed by atoms with Gasteiger partial charge in [0.1, 0.15) is 11.6 Å². The Balaban J connectivity index is 1.77. The molecule has 0 unspecified atom stereocenters. The molecule has 3 rings (SSSR count). The molecule has 2 atom stereocenters. The zero-order valence-electron chi connectivity index (χ0n) is 21.3. The molecule has 7 nitrogen and oxygen atoms in total. The Kier molecular flexibility index (Phi) is 10.1. The first-order valence-electron chi connectivity index (χ1n) is 12.1. The zero-order chi connectivity index (χ0) is 26.7. The van der Waals surface area contributed by atoms with Gasteiger partial charge < -0.3 is 20.7 Å². The lowest BCUT2D eigenvalue weighted by molar-refractivity contribution is -0.128. The summed E-state index contributed by atoms with van der Waals surface area (Å²) in [5.41, 5.74) is 1.08. The fourth-order valence-electron chi connectivity index (χ4n) is 3.40. The van der Waals surface area contributed by atoms with E-state index in [2.05, 4.69) is 16.0 Å². The van der Waals surface area contributed by atoms with Gasteiger partial charge in [-0.1, -0.05) is 90.6 Å². The summed E-state index contributed by atoms with van der Waals surface area (Å²) in [6, 6.07) is 27.3. The number of hydrogen-bond acceptors (Lipinski definition) is 5. The number of alkyl carbamates (subject to hydrolysis) is 1. The molecule has 3 N–H and O–H groups in total. The van der Waals surface area contributed by atoms with E-state index in [1.54, 1.807) is 20.8 Å². The van der Waals surface area contributed by atoms with E-state index >= 15 is 0 Å². The summed E-state index contributed by atoms with van der Waals surface area (Å²) < 4.78 is 5.38. The number of ether oxygens (including phenoxy) is 1. The molecule has 194 valence electrons. The van der Waals surface area contributed by atoms with Crippen molar-refractivity contribution in [1.82, 2.24) is 16.0 Å². The first-order valence-corrected chi connectivity index (χ1v) is 12.9. The summed E-state index contributed by atoms with van der Waals surface area (Å²) in [4.78, 5) is 40.0. The van der Waals surface area contributed by atoms with Crippen molar-refractivity contribution in [1.29, 1.82) is 0 Å². The van der Waals surface area contributed by atoms with Gasteiger partial charge in [0.25, 0.3) is 5.91 Å². The van der Waals surface area contributed by atoms with Gasteiger partial charge in [-0.15, -0.1) is 0 Å². The molecule has 0 bridgehead atoms. The van der Waals surface area contributed by atoms with Crippen molar-refractivity contribution in [3.63, 3.8) is 0 Å². The number of carbonyl (C=O) groups excluding carboxylic acids is 3. The van der Waals surface area contributed by atoms with Crippen molar-refractivity contribution < 1.29 is 19.1 Å². The predicted octanol–water partition coefficient (Wildman–Crippen LogP) is 4.67. The van der Waals surface area contributed by atoms with E-state index in [1.165, 1.54) is 11.8 Å². The lowest BCUT2D eigenvalue weighted by Crippen LogP contribution is -2.53.